The fraction of sp³-hybridized carbons (Fsp3) is 0.289. The van der Waals surface area contributed by atoms with Gasteiger partial charge in [0, 0.05) is 120 Å². The molecule has 30 heteroatoms. The molecule has 0 aliphatic carbocycles. The van der Waals surface area contributed by atoms with E-state index in [1.807, 2.05) is 103 Å². The van der Waals surface area contributed by atoms with Crippen LogP contribution >= 0.6 is 0 Å². The Balaban J connectivity index is 0.000000212. The van der Waals surface area contributed by atoms with E-state index in [0.29, 0.717) is 94.1 Å². The molecule has 6 aromatic rings. The number of terminal acetylenes is 2. The van der Waals surface area contributed by atoms with E-state index in [0.717, 1.165) is 0 Å². The number of anilines is 2. The summed E-state index contributed by atoms with van der Waals surface area (Å²) < 4.78 is 159. The number of rotatable bonds is 16. The molecule has 552 valence electrons. The maximum Gasteiger partial charge on any atom is 0.336 e. The number of likely N-dealkylation sites (N-methyl/N-ethyl adjacent to an activating group) is 4. The summed E-state index contributed by atoms with van der Waals surface area (Å²) in [6, 6.07) is 21.6. The summed E-state index contributed by atoms with van der Waals surface area (Å²) in [7, 11) is -11.2. The molecule has 0 unspecified atom stereocenters. The van der Waals surface area contributed by atoms with Gasteiger partial charge in [0.15, 0.2) is 11.1 Å². The first-order chi connectivity index (χ1) is 49.0. The van der Waals surface area contributed by atoms with E-state index in [-0.39, 0.29) is 74.7 Å². The van der Waals surface area contributed by atoms with E-state index < -0.39 is 109 Å². The van der Waals surface area contributed by atoms with Gasteiger partial charge in [0.1, 0.15) is 48.6 Å². The highest BCUT2D eigenvalue weighted by atomic mass is 32.2. The smallest absolute Gasteiger partial charge is 0.336 e. The zero-order valence-electron chi connectivity index (χ0n) is 59.5. The van der Waals surface area contributed by atoms with Crippen molar-refractivity contribution in [2.75, 3.05) is 74.1 Å². The van der Waals surface area contributed by atoms with Crippen molar-refractivity contribution in [3.05, 3.63) is 197 Å². The second kappa shape index (κ2) is 26.8. The molecule has 6 aliphatic rings. The minimum atomic E-state index is -4.75. The van der Waals surface area contributed by atoms with Crippen LogP contribution in [0.2, 0.25) is 0 Å². The lowest BCUT2D eigenvalue weighted by Crippen LogP contribution is -2.47. The molecule has 6 heterocycles. The number of fused-ring (bicyclic) bond motifs is 8. The Kier molecular flexibility index (Phi) is 19.4. The monoisotopic (exact) mass is 1520 g/mol. The van der Waals surface area contributed by atoms with Gasteiger partial charge in [-0.2, -0.15) is 16.8 Å². The summed E-state index contributed by atoms with van der Waals surface area (Å²) in [6.45, 7) is 14.8. The quantitative estimate of drug-likeness (QED) is 0.0426. The summed E-state index contributed by atoms with van der Waals surface area (Å²) >= 11 is 0. The Bertz CT molecular complexity index is 5990. The van der Waals surface area contributed by atoms with Crippen molar-refractivity contribution in [1.29, 1.82) is 0 Å². The van der Waals surface area contributed by atoms with Gasteiger partial charge in [-0.25, -0.2) is 35.6 Å². The van der Waals surface area contributed by atoms with Gasteiger partial charge in [0.2, 0.25) is 10.7 Å². The van der Waals surface area contributed by atoms with Gasteiger partial charge < -0.3 is 49.2 Å². The molecule has 6 N–H and O–H groups in total. The molecule has 26 nitrogen and oxygen atoms in total. The molecular weight excluding hydrogens is 1450 g/mol. The van der Waals surface area contributed by atoms with Crippen LogP contribution in [0.1, 0.15) is 141 Å². The molecule has 2 amide bonds. The van der Waals surface area contributed by atoms with Crippen LogP contribution < -0.4 is 60.2 Å². The number of nitrogens with one attached hydrogen (secondary N) is 2. The molecular formula is C76H74N6O20S4. The van der Waals surface area contributed by atoms with Crippen molar-refractivity contribution >= 4 is 109 Å². The van der Waals surface area contributed by atoms with Crippen molar-refractivity contribution < 1.29 is 90.7 Å². The number of ether oxygens (including phenoxy) is 2. The summed E-state index contributed by atoms with van der Waals surface area (Å²) in [5, 5.41) is 27.9. The van der Waals surface area contributed by atoms with Gasteiger partial charge in [0.05, 0.1) is 90.3 Å². The minimum Gasteiger partial charge on any atom is -0.748 e. The Morgan fingerprint density at radius 1 is 0.472 bits per heavy atom. The Hall–Kier alpha value is -10.5. The number of carboxylic acids is 2. The fourth-order valence-corrected chi connectivity index (χ4v) is 16.7. The Morgan fingerprint density at radius 3 is 1.23 bits per heavy atom. The molecule has 12 rings (SSSR count). The molecule has 0 radical (unpaired) electrons. The molecule has 0 aromatic heterocycles. The van der Waals surface area contributed by atoms with Crippen molar-refractivity contribution in [1.82, 2.24) is 19.8 Å². The van der Waals surface area contributed by atoms with E-state index >= 15 is 0 Å². The first kappa shape index (κ1) is 76.6. The number of hydrogen-bond donors (Lipinski definition) is 6. The Morgan fingerprint density at radius 2 is 0.849 bits per heavy atom. The second-order valence-electron chi connectivity index (χ2n) is 28.7. The maximum absolute atomic E-state index is 13.2. The standard InChI is InChI=1S/2C38H37N3O10S2/c1-8-11-39-35(42)21-9-10-24(36(43)44)27(12-21)34-28-13-25-22(19-52(45,46)47)17-37(2,3)40(6)30(25)15-32(28)51-33-16-31-26(14-29(33)34)23(20-53(48,49)50)18-38(4,5)41(31)7;1-8-11-39-35(42)21-9-10-24(27(12-21)36(43)44)34-28-13-25-22(19-52(45,46)47)17-37(2,3)40(6)30(25)15-32(28)51-33-16-31-26(14-29(33)34)23(20-53(48,49)50)18-38(4,5)41(31)7/h2*1,9-10,12-18H,11,19-20H2,2-7H3,(H3-,39,42,43,44,45,46,47,48,49,50). The molecule has 0 fully saturated rings. The van der Waals surface area contributed by atoms with Crippen LogP contribution in [0.4, 0.5) is 11.4 Å². The van der Waals surface area contributed by atoms with Crippen molar-refractivity contribution in [3.63, 3.8) is 0 Å². The average Bonchev–Trinajstić information content (AvgIpc) is 0.720. The summed E-state index contributed by atoms with van der Waals surface area (Å²) in [6.07, 6.45) is 17.5. The van der Waals surface area contributed by atoms with Crippen LogP contribution in [0.3, 0.4) is 0 Å². The molecule has 0 saturated carbocycles. The van der Waals surface area contributed by atoms with E-state index in [4.69, 9.17) is 22.3 Å². The molecule has 0 spiro atoms. The third-order valence-electron chi connectivity index (χ3n) is 19.9. The summed E-state index contributed by atoms with van der Waals surface area (Å²) in [4.78, 5) is 55.6. The van der Waals surface area contributed by atoms with Crippen LogP contribution in [0.5, 0.6) is 23.0 Å². The first-order valence-electron chi connectivity index (χ1n) is 32.7. The van der Waals surface area contributed by atoms with Crippen LogP contribution in [0, 0.1) is 24.7 Å². The molecule has 0 saturated heterocycles. The SMILES string of the molecule is C#CCNC(=O)c1ccc(C(=O)O)c(C2=c3cc4c(cc3Oc3cc5c(cc32)C(CS(=O)(=O)[O-])=CC(C)(C)N5C)=[N+](C)C(C)(C)C=C4CS(=O)(=O)O)c1.C#CCNC(=O)c1ccc(C2=c3cc4c(cc3Oc3cc5c(cc32)C(CS(=O)(=O)[O-])=CC(C)(C)N5C)=[N+](C)C(C)(C)C=C4CS(=O)(=O)O)c(C(=O)O)c1. The highest BCUT2D eigenvalue weighted by Crippen LogP contribution is 2.49. The van der Waals surface area contributed by atoms with Crippen molar-refractivity contribution in [2.45, 2.75) is 77.5 Å². The lowest BCUT2D eigenvalue weighted by atomic mass is 9.83. The van der Waals surface area contributed by atoms with Crippen LogP contribution in [0.25, 0.3) is 33.4 Å². The number of benzene rings is 6. The predicted octanol–water partition coefficient (Wildman–Crippen LogP) is 4.88. The normalized spacial score (nSPS) is 16.8. The van der Waals surface area contributed by atoms with E-state index in [1.54, 1.807) is 72.8 Å². The number of nitrogens with zero attached hydrogens (tertiary/aromatic N) is 4. The number of carboxylic acid groups (broad SMARTS) is 2. The van der Waals surface area contributed by atoms with E-state index in [9.17, 15) is 81.3 Å². The lowest BCUT2D eigenvalue weighted by molar-refractivity contribution is 0.0685. The van der Waals surface area contributed by atoms with E-state index in [2.05, 4.69) is 22.5 Å². The summed E-state index contributed by atoms with van der Waals surface area (Å²) in [5.74, 6) is -1.10. The van der Waals surface area contributed by atoms with Crippen LogP contribution in [-0.4, -0.2) is 172 Å². The number of aromatic carboxylic acids is 2. The number of carbonyl (C=O) groups excluding carboxylic acids is 2. The predicted molar refractivity (Wildman–Crippen MR) is 398 cm³/mol. The number of hydrogen-bond acceptors (Lipinski definition) is 18. The van der Waals surface area contributed by atoms with Gasteiger partial charge in [-0.15, -0.1) is 12.8 Å². The van der Waals surface area contributed by atoms with Gasteiger partial charge in [0.25, 0.3) is 32.1 Å². The zero-order valence-corrected chi connectivity index (χ0v) is 62.8. The third-order valence-corrected chi connectivity index (χ3v) is 22.6. The van der Waals surface area contributed by atoms with E-state index in [1.165, 1.54) is 36.4 Å². The topological polar surface area (TPSA) is 387 Å². The van der Waals surface area contributed by atoms with Crippen LogP contribution in [0.15, 0.2) is 109 Å². The first-order valence-corrected chi connectivity index (χ1v) is 39.0. The Labute approximate surface area is 612 Å². The fourth-order valence-electron chi connectivity index (χ4n) is 14.2. The largest absolute Gasteiger partial charge is 0.748 e. The van der Waals surface area contributed by atoms with Crippen molar-refractivity contribution in [2.24, 2.45) is 0 Å². The van der Waals surface area contributed by atoms with Gasteiger partial charge in [-0.3, -0.25) is 18.7 Å². The van der Waals surface area contributed by atoms with Gasteiger partial charge in [-0.1, -0.05) is 30.1 Å². The molecule has 0 bridgehead atoms. The summed E-state index contributed by atoms with van der Waals surface area (Å²) in [5.41, 5.74) is 2.18. The molecule has 106 heavy (non-hydrogen) atoms. The highest BCUT2D eigenvalue weighted by Gasteiger charge is 2.41. The zero-order chi connectivity index (χ0) is 78.0. The van der Waals surface area contributed by atoms with Crippen LogP contribution in [-0.2, 0) is 40.5 Å². The average molecular weight is 1520 g/mol. The number of amides is 2. The highest BCUT2D eigenvalue weighted by molar-refractivity contribution is 7.87. The second-order valence-corrected chi connectivity index (χ2v) is 34.4. The molecule has 6 aliphatic heterocycles. The maximum atomic E-state index is 13.2. The lowest BCUT2D eigenvalue weighted by Gasteiger charge is -2.42. The van der Waals surface area contributed by atoms with Gasteiger partial charge >= 0.3 is 11.9 Å². The third kappa shape index (κ3) is 14.9. The molecule has 6 aromatic carbocycles. The minimum absolute atomic E-state index is 0.0299. The van der Waals surface area contributed by atoms with Gasteiger partial charge in [-0.05, 0) is 128 Å². The van der Waals surface area contributed by atoms with Crippen molar-refractivity contribution in [3.8, 4) is 47.7 Å². The molecule has 0 atom stereocenters. The number of carbonyl (C=O) groups is 4.